The van der Waals surface area contributed by atoms with E-state index in [4.69, 9.17) is 16.3 Å². The zero-order chi connectivity index (χ0) is 13.9. The van der Waals surface area contributed by atoms with Gasteiger partial charge in [-0.1, -0.05) is 20.8 Å². The van der Waals surface area contributed by atoms with Gasteiger partial charge in [0.2, 0.25) is 11.2 Å². The van der Waals surface area contributed by atoms with Crippen molar-refractivity contribution in [2.75, 3.05) is 6.61 Å². The average Bonchev–Trinajstić information content (AvgIpc) is 2.79. The third-order valence-electron chi connectivity index (χ3n) is 2.39. The summed E-state index contributed by atoms with van der Waals surface area (Å²) in [5.74, 6) is 0.392. The molecule has 0 unspecified atom stereocenters. The van der Waals surface area contributed by atoms with Gasteiger partial charge in [0.15, 0.2) is 0 Å². The van der Waals surface area contributed by atoms with Gasteiger partial charge in [-0.05, 0) is 23.4 Å². The highest BCUT2D eigenvalue weighted by Gasteiger charge is 2.12. The second kappa shape index (κ2) is 5.52. The Kier molecular flexibility index (Phi) is 3.99. The van der Waals surface area contributed by atoms with Gasteiger partial charge in [-0.25, -0.2) is 4.98 Å². The minimum absolute atomic E-state index is 0.101. The summed E-state index contributed by atoms with van der Waals surface area (Å²) in [5.41, 5.74) is 0.198. The van der Waals surface area contributed by atoms with E-state index in [2.05, 4.69) is 40.7 Å². The molecule has 0 fully saturated rings. The molecular formula is C12H16ClN5O. The summed E-state index contributed by atoms with van der Waals surface area (Å²) >= 11 is 5.86. The minimum Gasteiger partial charge on any atom is -0.463 e. The molecule has 0 aromatic carbocycles. The molecule has 0 spiro atoms. The fourth-order valence-corrected chi connectivity index (χ4v) is 1.48. The van der Waals surface area contributed by atoms with Crippen LogP contribution in [0.3, 0.4) is 0 Å². The van der Waals surface area contributed by atoms with Gasteiger partial charge in [0.1, 0.15) is 6.33 Å². The standard InChI is InChI=1S/C12H16ClN5O/c1-12(2,3)4-7-19-11-16-9(13)15-10(17-11)18-6-5-14-8-18/h5-6,8H,4,7H2,1-3H3. The van der Waals surface area contributed by atoms with E-state index in [-0.39, 0.29) is 16.7 Å². The van der Waals surface area contributed by atoms with Crippen molar-refractivity contribution < 1.29 is 4.74 Å². The molecule has 2 rings (SSSR count). The maximum Gasteiger partial charge on any atom is 0.322 e. The smallest absolute Gasteiger partial charge is 0.322 e. The fraction of sp³-hybridized carbons (Fsp3) is 0.500. The van der Waals surface area contributed by atoms with E-state index in [1.54, 1.807) is 23.3 Å². The number of imidazole rings is 1. The monoisotopic (exact) mass is 281 g/mol. The number of halogens is 1. The molecule has 7 heteroatoms. The van der Waals surface area contributed by atoms with Gasteiger partial charge < -0.3 is 4.74 Å². The Balaban J connectivity index is 2.09. The van der Waals surface area contributed by atoms with Crippen LogP contribution in [0.1, 0.15) is 27.2 Å². The highest BCUT2D eigenvalue weighted by Crippen LogP contribution is 2.19. The van der Waals surface area contributed by atoms with E-state index >= 15 is 0 Å². The van der Waals surface area contributed by atoms with Crippen LogP contribution in [0.5, 0.6) is 6.01 Å². The second-order valence-electron chi connectivity index (χ2n) is 5.32. The normalized spacial score (nSPS) is 11.6. The van der Waals surface area contributed by atoms with E-state index < -0.39 is 0 Å². The molecule has 19 heavy (non-hydrogen) atoms. The molecule has 0 aliphatic carbocycles. The quantitative estimate of drug-likeness (QED) is 0.861. The number of nitrogens with zero attached hydrogens (tertiary/aromatic N) is 5. The number of aromatic nitrogens is 5. The molecule has 6 nitrogen and oxygen atoms in total. The first-order valence-electron chi connectivity index (χ1n) is 5.97. The number of rotatable bonds is 4. The molecule has 0 atom stereocenters. The van der Waals surface area contributed by atoms with E-state index in [1.165, 1.54) is 0 Å². The topological polar surface area (TPSA) is 65.7 Å². The Labute approximate surface area is 116 Å². The van der Waals surface area contributed by atoms with Gasteiger partial charge in [-0.15, -0.1) is 0 Å². The Morgan fingerprint density at radius 3 is 2.68 bits per heavy atom. The third kappa shape index (κ3) is 4.17. The minimum atomic E-state index is 0.101. The Hall–Kier alpha value is -1.69. The molecule has 0 radical (unpaired) electrons. The van der Waals surface area contributed by atoms with Crippen LogP contribution in [0.25, 0.3) is 5.95 Å². The first-order valence-corrected chi connectivity index (χ1v) is 6.34. The van der Waals surface area contributed by atoms with Crippen LogP contribution in [0.15, 0.2) is 18.7 Å². The van der Waals surface area contributed by atoms with E-state index in [0.717, 1.165) is 6.42 Å². The second-order valence-corrected chi connectivity index (χ2v) is 5.65. The van der Waals surface area contributed by atoms with Crippen LogP contribution in [0.4, 0.5) is 0 Å². The van der Waals surface area contributed by atoms with Gasteiger partial charge in [0, 0.05) is 12.4 Å². The molecule has 0 bridgehead atoms. The molecule has 0 saturated carbocycles. The fourth-order valence-electron chi connectivity index (χ4n) is 1.33. The van der Waals surface area contributed by atoms with Crippen molar-refractivity contribution in [1.29, 1.82) is 0 Å². The van der Waals surface area contributed by atoms with E-state index in [9.17, 15) is 0 Å². The molecule has 0 aliphatic heterocycles. The van der Waals surface area contributed by atoms with Crippen molar-refractivity contribution in [2.24, 2.45) is 5.41 Å². The van der Waals surface area contributed by atoms with Gasteiger partial charge in [-0.2, -0.15) is 15.0 Å². The largest absolute Gasteiger partial charge is 0.463 e. The highest BCUT2D eigenvalue weighted by atomic mass is 35.5. The predicted molar refractivity (Wildman–Crippen MR) is 71.5 cm³/mol. The summed E-state index contributed by atoms with van der Waals surface area (Å²) in [7, 11) is 0. The average molecular weight is 282 g/mol. The first kappa shape index (κ1) is 13.7. The maximum atomic E-state index is 5.86. The number of hydrogen-bond donors (Lipinski definition) is 0. The van der Waals surface area contributed by atoms with Crippen LogP contribution in [-0.2, 0) is 0 Å². The Bertz CT molecular complexity index is 536. The molecule has 0 N–H and O–H groups in total. The van der Waals surface area contributed by atoms with Crippen LogP contribution in [0, 0.1) is 5.41 Å². The van der Waals surface area contributed by atoms with Crippen LogP contribution in [0.2, 0.25) is 5.28 Å². The number of hydrogen-bond acceptors (Lipinski definition) is 5. The number of ether oxygens (including phenoxy) is 1. The Morgan fingerprint density at radius 1 is 1.26 bits per heavy atom. The van der Waals surface area contributed by atoms with Gasteiger partial charge >= 0.3 is 6.01 Å². The van der Waals surface area contributed by atoms with Gasteiger partial charge in [0.05, 0.1) is 6.61 Å². The van der Waals surface area contributed by atoms with Gasteiger partial charge in [-0.3, -0.25) is 4.57 Å². The summed E-state index contributed by atoms with van der Waals surface area (Å²) in [5, 5.41) is 0.101. The van der Waals surface area contributed by atoms with Crippen LogP contribution in [-0.4, -0.2) is 31.1 Å². The molecular weight excluding hydrogens is 266 g/mol. The summed E-state index contributed by atoms with van der Waals surface area (Å²) in [6.07, 6.45) is 5.85. The maximum absolute atomic E-state index is 5.86. The van der Waals surface area contributed by atoms with Crippen LogP contribution >= 0.6 is 11.6 Å². The summed E-state index contributed by atoms with van der Waals surface area (Å²) in [6, 6.07) is 0.230. The molecule has 2 heterocycles. The molecule has 2 aromatic heterocycles. The lowest BCUT2D eigenvalue weighted by Gasteiger charge is -2.17. The molecule has 2 aromatic rings. The van der Waals surface area contributed by atoms with Crippen molar-refractivity contribution in [2.45, 2.75) is 27.2 Å². The lowest BCUT2D eigenvalue weighted by Crippen LogP contribution is -2.13. The lowest BCUT2D eigenvalue weighted by atomic mass is 9.93. The zero-order valence-electron chi connectivity index (χ0n) is 11.2. The summed E-state index contributed by atoms with van der Waals surface area (Å²) in [4.78, 5) is 16.1. The van der Waals surface area contributed by atoms with Crippen molar-refractivity contribution in [3.63, 3.8) is 0 Å². The lowest BCUT2D eigenvalue weighted by molar-refractivity contribution is 0.228. The van der Waals surface area contributed by atoms with Crippen molar-refractivity contribution in [3.05, 3.63) is 24.0 Å². The molecule has 102 valence electrons. The summed E-state index contributed by atoms with van der Waals surface area (Å²) < 4.78 is 7.16. The first-order chi connectivity index (χ1) is 8.94. The van der Waals surface area contributed by atoms with E-state index in [0.29, 0.717) is 12.6 Å². The van der Waals surface area contributed by atoms with Crippen molar-refractivity contribution >= 4 is 11.6 Å². The van der Waals surface area contributed by atoms with Crippen molar-refractivity contribution in [1.82, 2.24) is 24.5 Å². The third-order valence-corrected chi connectivity index (χ3v) is 2.56. The molecule has 0 aliphatic rings. The Morgan fingerprint density at radius 2 is 2.05 bits per heavy atom. The SMILES string of the molecule is CC(C)(C)CCOc1nc(Cl)nc(-n2ccnc2)n1. The van der Waals surface area contributed by atoms with Crippen LogP contribution < -0.4 is 4.74 Å². The zero-order valence-corrected chi connectivity index (χ0v) is 11.9. The van der Waals surface area contributed by atoms with Gasteiger partial charge in [0.25, 0.3) is 0 Å². The molecule has 0 amide bonds. The highest BCUT2D eigenvalue weighted by molar-refractivity contribution is 6.28. The van der Waals surface area contributed by atoms with Crippen molar-refractivity contribution in [3.8, 4) is 12.0 Å². The molecule has 0 saturated heterocycles. The predicted octanol–water partition coefficient (Wildman–Crippen LogP) is 2.53. The summed E-state index contributed by atoms with van der Waals surface area (Å²) in [6.45, 7) is 6.97. The van der Waals surface area contributed by atoms with E-state index in [1.807, 2.05) is 0 Å².